The first kappa shape index (κ1) is 23.2. The SMILES string of the molecule is N#C/C(=C/c1ccc(OCc2ccc([N+](=O)[O-])cc2)c(Br)c1)C(=O)Nc1ccc(Br)cc1. The molecule has 0 atom stereocenters. The number of nitrogens with zero attached hydrogens (tertiary/aromatic N) is 2. The fourth-order valence-corrected chi connectivity index (χ4v) is 3.42. The van der Waals surface area contributed by atoms with Crippen LogP contribution >= 0.6 is 31.9 Å². The molecule has 9 heteroatoms. The molecule has 0 spiro atoms. The lowest BCUT2D eigenvalue weighted by molar-refractivity contribution is -0.384. The summed E-state index contributed by atoms with van der Waals surface area (Å²) in [6.45, 7) is 0.227. The van der Waals surface area contributed by atoms with Gasteiger partial charge in [-0.25, -0.2) is 0 Å². The first-order valence-corrected chi connectivity index (χ1v) is 10.8. The Kier molecular flexibility index (Phi) is 7.76. The standard InChI is InChI=1S/C23H15Br2N3O4/c24-18-4-6-19(7-5-18)27-23(29)17(13-26)11-16-3-10-22(21(25)12-16)32-14-15-1-8-20(9-2-15)28(30)31/h1-12H,14H2,(H,27,29)/b17-11-. The van der Waals surface area contributed by atoms with Crippen molar-refractivity contribution >= 4 is 55.2 Å². The van der Waals surface area contributed by atoms with Gasteiger partial charge in [0.2, 0.25) is 0 Å². The Morgan fingerprint density at radius 2 is 1.78 bits per heavy atom. The molecule has 0 radical (unpaired) electrons. The van der Waals surface area contributed by atoms with Crippen LogP contribution in [0, 0.1) is 21.4 Å². The predicted molar refractivity (Wildman–Crippen MR) is 128 cm³/mol. The highest BCUT2D eigenvalue weighted by Gasteiger charge is 2.11. The Balaban J connectivity index is 1.67. The smallest absolute Gasteiger partial charge is 0.269 e. The second-order valence-electron chi connectivity index (χ2n) is 6.53. The van der Waals surface area contributed by atoms with Crippen LogP contribution in [0.5, 0.6) is 5.75 Å². The maximum Gasteiger partial charge on any atom is 0.269 e. The van der Waals surface area contributed by atoms with Gasteiger partial charge in [-0.15, -0.1) is 0 Å². The zero-order valence-corrected chi connectivity index (χ0v) is 19.6. The molecule has 0 aliphatic heterocycles. The topological polar surface area (TPSA) is 105 Å². The molecule has 0 fully saturated rings. The van der Waals surface area contributed by atoms with Crippen LogP contribution in [0.1, 0.15) is 11.1 Å². The highest BCUT2D eigenvalue weighted by atomic mass is 79.9. The summed E-state index contributed by atoms with van der Waals surface area (Å²) in [5, 5.41) is 22.8. The molecule has 0 bridgehead atoms. The number of nitro benzene ring substituents is 1. The summed E-state index contributed by atoms with van der Waals surface area (Å²) in [5.74, 6) is 0.0442. The molecule has 7 nitrogen and oxygen atoms in total. The molecule has 1 amide bonds. The normalized spacial score (nSPS) is 10.8. The third kappa shape index (κ3) is 6.26. The van der Waals surface area contributed by atoms with Crippen LogP contribution < -0.4 is 10.1 Å². The van der Waals surface area contributed by atoms with Crippen molar-refractivity contribution in [1.29, 1.82) is 5.26 Å². The number of nitrogens with one attached hydrogen (secondary N) is 1. The molecule has 32 heavy (non-hydrogen) atoms. The molecule has 3 aromatic carbocycles. The number of halogens is 2. The third-order valence-electron chi connectivity index (χ3n) is 4.28. The number of hydrogen-bond acceptors (Lipinski definition) is 5. The largest absolute Gasteiger partial charge is 0.488 e. The number of amides is 1. The van der Waals surface area contributed by atoms with E-state index in [1.807, 2.05) is 6.07 Å². The summed E-state index contributed by atoms with van der Waals surface area (Å²) in [6.07, 6.45) is 1.49. The summed E-state index contributed by atoms with van der Waals surface area (Å²) in [5.41, 5.74) is 1.98. The van der Waals surface area contributed by atoms with E-state index in [9.17, 15) is 20.2 Å². The van der Waals surface area contributed by atoms with E-state index in [2.05, 4.69) is 37.2 Å². The molecule has 1 N–H and O–H groups in total. The van der Waals surface area contributed by atoms with Gasteiger partial charge < -0.3 is 10.1 Å². The number of anilines is 1. The van der Waals surface area contributed by atoms with Gasteiger partial charge in [-0.3, -0.25) is 14.9 Å². The minimum Gasteiger partial charge on any atom is -0.488 e. The van der Waals surface area contributed by atoms with E-state index in [0.717, 1.165) is 10.0 Å². The van der Waals surface area contributed by atoms with Gasteiger partial charge in [0.25, 0.3) is 11.6 Å². The second kappa shape index (κ2) is 10.7. The first-order chi connectivity index (χ1) is 15.4. The van der Waals surface area contributed by atoms with Crippen LogP contribution in [0.25, 0.3) is 6.08 Å². The molecule has 3 aromatic rings. The molecule has 3 rings (SSSR count). The molecule has 160 valence electrons. The quantitative estimate of drug-likeness (QED) is 0.160. The summed E-state index contributed by atoms with van der Waals surface area (Å²) in [7, 11) is 0. The zero-order chi connectivity index (χ0) is 23.1. The summed E-state index contributed by atoms with van der Waals surface area (Å²) in [6, 6.07) is 20.2. The second-order valence-corrected chi connectivity index (χ2v) is 8.30. The van der Waals surface area contributed by atoms with E-state index in [4.69, 9.17) is 4.74 Å². The van der Waals surface area contributed by atoms with Gasteiger partial charge in [-0.1, -0.05) is 22.0 Å². The maximum absolute atomic E-state index is 12.4. The average molecular weight is 557 g/mol. The average Bonchev–Trinajstić information content (AvgIpc) is 2.78. The Labute approximate surface area is 200 Å². The van der Waals surface area contributed by atoms with Gasteiger partial charge in [-0.2, -0.15) is 5.26 Å². The van der Waals surface area contributed by atoms with Crippen molar-refractivity contribution < 1.29 is 14.5 Å². The van der Waals surface area contributed by atoms with E-state index < -0.39 is 10.8 Å². The molecule has 0 aliphatic carbocycles. The molecule has 0 saturated heterocycles. The molecule has 0 aromatic heterocycles. The van der Waals surface area contributed by atoms with E-state index >= 15 is 0 Å². The highest BCUT2D eigenvalue weighted by Crippen LogP contribution is 2.28. The minimum atomic E-state index is -0.510. The number of benzene rings is 3. The Morgan fingerprint density at radius 3 is 2.38 bits per heavy atom. The van der Waals surface area contributed by atoms with Crippen molar-refractivity contribution in [3.05, 3.63) is 102 Å². The number of ether oxygens (including phenoxy) is 1. The first-order valence-electron chi connectivity index (χ1n) is 9.20. The molecule has 0 unspecified atom stereocenters. The van der Waals surface area contributed by atoms with Crippen LogP contribution in [0.2, 0.25) is 0 Å². The van der Waals surface area contributed by atoms with Gasteiger partial charge in [0.15, 0.2) is 0 Å². The summed E-state index contributed by atoms with van der Waals surface area (Å²) < 4.78 is 7.28. The molecule has 0 saturated carbocycles. The summed E-state index contributed by atoms with van der Waals surface area (Å²) in [4.78, 5) is 22.7. The highest BCUT2D eigenvalue weighted by molar-refractivity contribution is 9.10. The molecular formula is C23H15Br2N3O4. The minimum absolute atomic E-state index is 0.0172. The number of hydrogen-bond donors (Lipinski definition) is 1. The van der Waals surface area contributed by atoms with Gasteiger partial charge in [-0.05, 0) is 81.7 Å². The number of carbonyl (C=O) groups excluding carboxylic acids is 1. The van der Waals surface area contributed by atoms with Crippen LogP contribution in [0.4, 0.5) is 11.4 Å². The fraction of sp³-hybridized carbons (Fsp3) is 0.0435. The van der Waals surface area contributed by atoms with Gasteiger partial charge in [0.1, 0.15) is 24.0 Å². The number of non-ortho nitro benzene ring substituents is 1. The van der Waals surface area contributed by atoms with Gasteiger partial charge >= 0.3 is 0 Å². The van der Waals surface area contributed by atoms with Gasteiger partial charge in [0, 0.05) is 22.3 Å². The molecular weight excluding hydrogens is 542 g/mol. The van der Waals surface area contributed by atoms with Crippen molar-refractivity contribution in [3.8, 4) is 11.8 Å². The zero-order valence-electron chi connectivity index (χ0n) is 16.4. The third-order valence-corrected chi connectivity index (χ3v) is 5.42. The van der Waals surface area contributed by atoms with Crippen molar-refractivity contribution in [2.75, 3.05) is 5.32 Å². The number of nitro groups is 1. The van der Waals surface area contributed by atoms with Crippen molar-refractivity contribution in [2.45, 2.75) is 6.61 Å². The number of carbonyl (C=O) groups is 1. The maximum atomic E-state index is 12.4. The lowest BCUT2D eigenvalue weighted by Gasteiger charge is -2.09. The lowest BCUT2D eigenvalue weighted by Crippen LogP contribution is -2.13. The Bertz CT molecular complexity index is 1220. The number of rotatable bonds is 7. The fourth-order valence-electron chi connectivity index (χ4n) is 2.65. The van der Waals surface area contributed by atoms with E-state index in [-0.39, 0.29) is 17.9 Å². The molecule has 0 heterocycles. The van der Waals surface area contributed by atoms with Crippen LogP contribution in [0.3, 0.4) is 0 Å². The predicted octanol–water partition coefficient (Wildman–Crippen LogP) is 6.24. The monoisotopic (exact) mass is 555 g/mol. The summed E-state index contributed by atoms with van der Waals surface area (Å²) >= 11 is 6.76. The van der Waals surface area contributed by atoms with Crippen molar-refractivity contribution in [1.82, 2.24) is 0 Å². The van der Waals surface area contributed by atoms with Crippen molar-refractivity contribution in [2.24, 2.45) is 0 Å². The van der Waals surface area contributed by atoms with Crippen LogP contribution in [-0.4, -0.2) is 10.8 Å². The van der Waals surface area contributed by atoms with Crippen molar-refractivity contribution in [3.63, 3.8) is 0 Å². The van der Waals surface area contributed by atoms with E-state index in [1.54, 1.807) is 54.6 Å². The molecule has 0 aliphatic rings. The van der Waals surface area contributed by atoms with E-state index in [1.165, 1.54) is 18.2 Å². The Hall–Kier alpha value is -3.48. The lowest BCUT2D eigenvalue weighted by atomic mass is 10.1. The van der Waals surface area contributed by atoms with Crippen LogP contribution in [-0.2, 0) is 11.4 Å². The van der Waals surface area contributed by atoms with Gasteiger partial charge in [0.05, 0.1) is 9.40 Å². The van der Waals surface area contributed by atoms with E-state index in [0.29, 0.717) is 21.5 Å². The Morgan fingerprint density at radius 1 is 1.09 bits per heavy atom. The van der Waals surface area contributed by atoms with Crippen LogP contribution in [0.15, 0.2) is 81.2 Å². The number of nitriles is 1.